The summed E-state index contributed by atoms with van der Waals surface area (Å²) in [7, 11) is 1.56. The van der Waals surface area contributed by atoms with Crippen molar-refractivity contribution in [2.75, 3.05) is 63.9 Å². The zero-order valence-corrected chi connectivity index (χ0v) is 43.4. The van der Waals surface area contributed by atoms with Crippen LogP contribution < -0.4 is 30.7 Å². The van der Waals surface area contributed by atoms with Gasteiger partial charge in [-0.1, -0.05) is 55.8 Å². The predicted molar refractivity (Wildman–Crippen MR) is 275 cm³/mol. The summed E-state index contributed by atoms with van der Waals surface area (Å²) >= 11 is 6.70. The van der Waals surface area contributed by atoms with Gasteiger partial charge >= 0.3 is 6.03 Å². The second-order valence-corrected chi connectivity index (χ2v) is 21.5. The fourth-order valence-corrected chi connectivity index (χ4v) is 12.8. The molecule has 4 fully saturated rings. The number of anilines is 1. The van der Waals surface area contributed by atoms with Crippen molar-refractivity contribution >= 4 is 52.1 Å². The molecule has 10 rings (SSSR count). The first-order valence-corrected chi connectivity index (χ1v) is 26.6. The highest BCUT2D eigenvalue weighted by Crippen LogP contribution is 2.56. The number of amides is 5. The van der Waals surface area contributed by atoms with Crippen LogP contribution in [0, 0.1) is 41.0 Å². The van der Waals surface area contributed by atoms with Crippen LogP contribution in [0.4, 0.5) is 28.2 Å². The van der Waals surface area contributed by atoms with E-state index in [4.69, 9.17) is 26.8 Å². The number of hydrogen-bond donors (Lipinski definition) is 4. The zero-order chi connectivity index (χ0) is 53.7. The molecule has 0 bridgehead atoms. The molecule has 4 atom stereocenters. The van der Waals surface area contributed by atoms with Crippen LogP contribution in [0.15, 0.2) is 48.7 Å². The smallest absolute Gasteiger partial charge is 0.329 e. The lowest BCUT2D eigenvalue weighted by Crippen LogP contribution is -2.50. The van der Waals surface area contributed by atoms with Gasteiger partial charge in [0.15, 0.2) is 23.1 Å². The average Bonchev–Trinajstić information content (AvgIpc) is 3.89. The number of urea groups is 1. The molecule has 4 unspecified atom stereocenters. The number of nitrogens with two attached hydrogens (primary N) is 1. The first kappa shape index (κ1) is 53.1. The van der Waals surface area contributed by atoms with E-state index >= 15 is 17.6 Å². The molecule has 3 aromatic carbocycles. The average molecular weight is 1070 g/mol. The number of fused-ring (bicyclic) bond motifs is 2. The molecule has 0 spiro atoms. The summed E-state index contributed by atoms with van der Waals surface area (Å²) in [6.45, 7) is 7.15. The number of imide groups is 1. The largest absolute Gasteiger partial charge is 0.480 e. The quantitative estimate of drug-likeness (QED) is 0.0797. The Bertz CT molecular complexity index is 3080. The number of halogens is 5. The SMILES string of the molecule is CC1CN(C(=O)C2CCC(NCC3(c4ccccc4)Oc4cc(F)c(Cl)c(-c5c(C(N)=O)cnc(OCCO)c5F)c4C3C)CC2)CCC1CN1CCC(c2c(F)cc3c(N4CCC(=O)NC4=O)nn(C)c3c2F)CC1. The van der Waals surface area contributed by atoms with E-state index in [2.05, 4.69) is 32.5 Å². The van der Waals surface area contributed by atoms with Crippen LogP contribution in [0.25, 0.3) is 22.0 Å². The number of carbonyl (C=O) groups excluding carboxylic acids is 4. The van der Waals surface area contributed by atoms with Gasteiger partial charge in [-0.2, -0.15) is 5.10 Å². The number of hydrogen-bond acceptors (Lipinski definition) is 11. The minimum atomic E-state index is -1.15. The molecule has 404 valence electrons. The third-order valence-electron chi connectivity index (χ3n) is 16.7. The Labute approximate surface area is 442 Å². The highest BCUT2D eigenvalue weighted by Gasteiger charge is 2.51. The van der Waals surface area contributed by atoms with Gasteiger partial charge in [0.25, 0.3) is 11.8 Å². The number of piperidine rings is 2. The lowest BCUT2D eigenvalue weighted by molar-refractivity contribution is -0.139. The molecule has 5 aromatic rings. The maximum Gasteiger partial charge on any atom is 0.329 e. The molecule has 6 heterocycles. The summed E-state index contributed by atoms with van der Waals surface area (Å²) in [6.07, 6.45) is 5.91. The van der Waals surface area contributed by atoms with E-state index < -0.39 is 70.1 Å². The number of aromatic nitrogens is 3. The Kier molecular flexibility index (Phi) is 15.1. The molecule has 21 heteroatoms. The Morgan fingerprint density at radius 3 is 2.37 bits per heavy atom. The third kappa shape index (κ3) is 9.74. The lowest BCUT2D eigenvalue weighted by Gasteiger charge is -2.42. The summed E-state index contributed by atoms with van der Waals surface area (Å²) in [5, 5.41) is 19.4. The van der Waals surface area contributed by atoms with Crippen molar-refractivity contribution in [2.45, 2.75) is 88.7 Å². The normalized spacial score (nSPS) is 24.4. The Morgan fingerprint density at radius 1 is 0.947 bits per heavy atom. The third-order valence-corrected chi connectivity index (χ3v) is 17.1. The number of aliphatic hydroxyl groups excluding tert-OH is 1. The Hall–Kier alpha value is -6.35. The molecule has 1 saturated carbocycles. The molecule has 16 nitrogen and oxygen atoms in total. The van der Waals surface area contributed by atoms with Crippen molar-refractivity contribution < 1.29 is 51.3 Å². The predicted octanol–water partition coefficient (Wildman–Crippen LogP) is 7.67. The van der Waals surface area contributed by atoms with Crippen LogP contribution >= 0.6 is 11.6 Å². The number of ether oxygens (including phenoxy) is 2. The molecular weight excluding hydrogens is 1010 g/mol. The second kappa shape index (κ2) is 21.6. The maximum atomic E-state index is 16.4. The van der Waals surface area contributed by atoms with Crippen LogP contribution in [0.2, 0.25) is 5.02 Å². The van der Waals surface area contributed by atoms with Crippen molar-refractivity contribution in [1.29, 1.82) is 0 Å². The van der Waals surface area contributed by atoms with Crippen LogP contribution in [0.5, 0.6) is 11.6 Å². The number of nitrogens with zero attached hydrogens (tertiary/aromatic N) is 6. The van der Waals surface area contributed by atoms with Gasteiger partial charge in [0.1, 0.15) is 29.5 Å². The van der Waals surface area contributed by atoms with E-state index in [0.717, 1.165) is 37.6 Å². The van der Waals surface area contributed by atoms with Crippen molar-refractivity contribution in [3.8, 4) is 22.8 Å². The van der Waals surface area contributed by atoms with E-state index in [1.54, 1.807) is 7.05 Å². The summed E-state index contributed by atoms with van der Waals surface area (Å²) in [4.78, 5) is 60.7. The highest BCUT2D eigenvalue weighted by molar-refractivity contribution is 6.34. The monoisotopic (exact) mass is 1070 g/mol. The zero-order valence-electron chi connectivity index (χ0n) is 42.7. The van der Waals surface area contributed by atoms with Crippen molar-refractivity contribution in [3.05, 3.63) is 99.2 Å². The van der Waals surface area contributed by atoms with Crippen LogP contribution in [-0.2, 0) is 22.2 Å². The van der Waals surface area contributed by atoms with E-state index in [0.29, 0.717) is 63.3 Å². The highest BCUT2D eigenvalue weighted by atomic mass is 35.5. The van der Waals surface area contributed by atoms with E-state index in [1.165, 1.54) is 21.7 Å². The van der Waals surface area contributed by atoms with Gasteiger partial charge in [0.2, 0.25) is 11.8 Å². The number of likely N-dealkylation sites (tertiary alicyclic amines) is 2. The maximum absolute atomic E-state index is 16.4. The number of rotatable bonds is 14. The molecule has 0 radical (unpaired) electrons. The minimum absolute atomic E-state index is 0.0187. The summed E-state index contributed by atoms with van der Waals surface area (Å²) in [5.74, 6) is -5.38. The first-order chi connectivity index (χ1) is 36.5. The van der Waals surface area contributed by atoms with Gasteiger partial charge in [-0.25, -0.2) is 27.3 Å². The topological polar surface area (TPSA) is 197 Å². The van der Waals surface area contributed by atoms with Gasteiger partial charge in [0.05, 0.1) is 22.6 Å². The molecule has 3 saturated heterocycles. The number of pyridine rings is 1. The van der Waals surface area contributed by atoms with Gasteiger partial charge in [-0.3, -0.25) is 29.3 Å². The van der Waals surface area contributed by atoms with Crippen LogP contribution in [0.1, 0.15) is 104 Å². The van der Waals surface area contributed by atoms with Gasteiger partial charge in [0, 0.05) is 98.6 Å². The molecule has 1 aliphatic carbocycles. The number of benzene rings is 3. The van der Waals surface area contributed by atoms with Gasteiger partial charge in [-0.15, -0.1) is 0 Å². The van der Waals surface area contributed by atoms with Crippen molar-refractivity contribution in [1.82, 2.24) is 35.2 Å². The molecule has 5 N–H and O–H groups in total. The Morgan fingerprint density at radius 2 is 1.68 bits per heavy atom. The van der Waals surface area contributed by atoms with Crippen molar-refractivity contribution in [2.24, 2.45) is 30.5 Å². The molecular formula is C55H62ClF4N9O7. The van der Waals surface area contributed by atoms with E-state index in [1.807, 2.05) is 42.2 Å². The summed E-state index contributed by atoms with van der Waals surface area (Å²) in [6, 6.07) is 11.2. The summed E-state index contributed by atoms with van der Waals surface area (Å²) < 4.78 is 77.9. The molecule has 4 aliphatic heterocycles. The Balaban J connectivity index is 0.749. The van der Waals surface area contributed by atoms with E-state index in [-0.39, 0.29) is 101 Å². The van der Waals surface area contributed by atoms with Crippen LogP contribution in [0.3, 0.4) is 0 Å². The number of aryl methyl sites for hydroxylation is 1. The standard InChI is InChI=1S/C55H62ClF4N9O7/c1-29-26-68(19-15-33(29)27-67-17-13-31(14-18-67)43-38(57)23-36-49(47(43)59)66(3)65-51(36)69-20-16-41(71)64-54(69)74)53(73)32-9-11-35(12-10-32)63-28-55(34-7-5-4-6-8-34)30(2)42-40(76-55)24-39(58)46(56)45(42)44-37(50(61)72)25-62-52(48(44)60)75-22-21-70/h4-8,23-25,29-33,35,63,70H,9-22,26-28H2,1-3H3,(H2,61,72)(H,64,71,74). The molecule has 5 amide bonds. The number of primary amides is 1. The molecule has 76 heavy (non-hydrogen) atoms. The van der Waals surface area contributed by atoms with Gasteiger partial charge in [-0.05, 0) is 87.4 Å². The fourth-order valence-electron chi connectivity index (χ4n) is 12.6. The second-order valence-electron chi connectivity index (χ2n) is 21.1. The minimum Gasteiger partial charge on any atom is -0.480 e. The molecule has 2 aromatic heterocycles. The van der Waals surface area contributed by atoms with E-state index in [9.17, 15) is 24.3 Å². The lowest BCUT2D eigenvalue weighted by atomic mass is 9.77. The number of nitrogens with one attached hydrogen (secondary N) is 2. The number of carbonyl (C=O) groups is 4. The fraction of sp³-hybridized carbons (Fsp3) is 0.491. The van der Waals surface area contributed by atoms with Gasteiger partial charge < -0.3 is 35.4 Å². The number of aliphatic hydroxyl groups is 1. The molecule has 5 aliphatic rings. The van der Waals surface area contributed by atoms with Crippen LogP contribution in [-0.4, -0.2) is 118 Å². The summed E-state index contributed by atoms with van der Waals surface area (Å²) in [5.41, 5.74) is 5.01. The first-order valence-electron chi connectivity index (χ1n) is 26.2. The van der Waals surface area contributed by atoms with Crippen molar-refractivity contribution in [3.63, 3.8) is 0 Å².